The van der Waals surface area contributed by atoms with Crippen LogP contribution in [-0.2, 0) is 16.0 Å². The molecule has 0 fully saturated rings. The van der Waals surface area contributed by atoms with E-state index in [4.69, 9.17) is 10.2 Å². The fraction of sp³-hybridized carbons (Fsp3) is 0.300. The van der Waals surface area contributed by atoms with Crippen molar-refractivity contribution < 1.29 is 19.8 Å². The van der Waals surface area contributed by atoms with E-state index in [0.29, 0.717) is 18.3 Å². The second-order valence-electron chi connectivity index (χ2n) is 6.56. The Balaban J connectivity index is 1.81. The van der Waals surface area contributed by atoms with Crippen molar-refractivity contribution in [3.8, 4) is 0 Å². The van der Waals surface area contributed by atoms with Crippen LogP contribution in [0.1, 0.15) is 30.4 Å². The predicted octanol–water partition coefficient (Wildman–Crippen LogP) is 3.01. The standard InChI is InChI=1S/C20H21N3O4/c1-13-12-23(20-21-10-5-11-22-20)17-14(7-4-9-15(13)17)6-2-3-8-16(18(24)25)19(26)27/h2-5,7,9-11,13,16H,6,8,12H2,1H3,(H,24,25)(H,26,27). The average Bonchev–Trinajstić information content (AvgIpc) is 2.99. The number of nitrogens with zero attached hydrogens (tertiary/aromatic N) is 3. The molecule has 1 aromatic heterocycles. The molecule has 2 heterocycles. The van der Waals surface area contributed by atoms with Gasteiger partial charge in [-0.2, -0.15) is 0 Å². The molecule has 7 nitrogen and oxygen atoms in total. The molecule has 0 aliphatic carbocycles. The van der Waals surface area contributed by atoms with E-state index in [-0.39, 0.29) is 6.42 Å². The molecule has 2 N–H and O–H groups in total. The lowest BCUT2D eigenvalue weighted by molar-refractivity contribution is -0.154. The zero-order chi connectivity index (χ0) is 19.4. The zero-order valence-corrected chi connectivity index (χ0v) is 14.9. The summed E-state index contributed by atoms with van der Waals surface area (Å²) in [6.07, 6.45) is 7.40. The van der Waals surface area contributed by atoms with Gasteiger partial charge in [-0.05, 0) is 30.0 Å². The maximum atomic E-state index is 11.0. The molecule has 140 valence electrons. The summed E-state index contributed by atoms with van der Waals surface area (Å²) in [6.45, 7) is 2.95. The molecule has 1 atom stereocenters. The Kier molecular flexibility index (Phi) is 5.49. The molecule has 0 amide bonds. The lowest BCUT2D eigenvalue weighted by Crippen LogP contribution is -2.22. The molecule has 1 unspecified atom stereocenters. The molecule has 1 aliphatic rings. The van der Waals surface area contributed by atoms with E-state index >= 15 is 0 Å². The minimum Gasteiger partial charge on any atom is -0.481 e. The van der Waals surface area contributed by atoms with Crippen LogP contribution in [0.5, 0.6) is 0 Å². The Morgan fingerprint density at radius 1 is 1.19 bits per heavy atom. The third-order valence-corrected chi connectivity index (χ3v) is 4.67. The molecular weight excluding hydrogens is 346 g/mol. The summed E-state index contributed by atoms with van der Waals surface area (Å²) in [7, 11) is 0. The molecular formula is C20H21N3O4. The van der Waals surface area contributed by atoms with Crippen LogP contribution in [0.25, 0.3) is 0 Å². The number of aliphatic carboxylic acids is 2. The highest BCUT2D eigenvalue weighted by atomic mass is 16.4. The van der Waals surface area contributed by atoms with Crippen LogP contribution in [0.15, 0.2) is 48.8 Å². The summed E-state index contributed by atoms with van der Waals surface area (Å²) in [4.78, 5) is 32.7. The number of para-hydroxylation sites is 1. The van der Waals surface area contributed by atoms with Crippen LogP contribution < -0.4 is 4.90 Å². The van der Waals surface area contributed by atoms with Crippen molar-refractivity contribution in [3.05, 3.63) is 59.9 Å². The van der Waals surface area contributed by atoms with Crippen LogP contribution in [0.4, 0.5) is 11.6 Å². The molecule has 3 rings (SSSR count). The Bertz CT molecular complexity index is 853. The average molecular weight is 367 g/mol. The van der Waals surface area contributed by atoms with Crippen LogP contribution >= 0.6 is 0 Å². The van der Waals surface area contributed by atoms with Gasteiger partial charge in [0.25, 0.3) is 0 Å². The molecule has 0 bridgehead atoms. The van der Waals surface area contributed by atoms with Gasteiger partial charge in [0.2, 0.25) is 5.95 Å². The molecule has 2 aromatic rings. The number of carbonyl (C=O) groups is 2. The fourth-order valence-electron chi connectivity index (χ4n) is 3.33. The highest BCUT2D eigenvalue weighted by Crippen LogP contribution is 2.41. The highest BCUT2D eigenvalue weighted by molar-refractivity contribution is 5.93. The first kappa shape index (κ1) is 18.6. The Morgan fingerprint density at radius 2 is 1.89 bits per heavy atom. The molecule has 0 saturated carbocycles. The Labute approximate surface area is 157 Å². The smallest absolute Gasteiger partial charge is 0.318 e. The van der Waals surface area contributed by atoms with E-state index in [0.717, 1.165) is 17.8 Å². The van der Waals surface area contributed by atoms with Gasteiger partial charge in [-0.1, -0.05) is 37.3 Å². The normalized spacial score (nSPS) is 16.1. The van der Waals surface area contributed by atoms with Crippen LogP contribution in [0, 0.1) is 5.92 Å². The van der Waals surface area contributed by atoms with E-state index in [2.05, 4.69) is 27.9 Å². The first-order valence-electron chi connectivity index (χ1n) is 8.76. The first-order chi connectivity index (χ1) is 13.0. The van der Waals surface area contributed by atoms with Gasteiger partial charge in [-0.25, -0.2) is 9.97 Å². The number of rotatable bonds is 7. The van der Waals surface area contributed by atoms with Gasteiger partial charge in [0.05, 0.1) is 5.69 Å². The molecule has 1 aromatic carbocycles. The third kappa shape index (κ3) is 3.97. The lowest BCUT2D eigenvalue weighted by atomic mass is 9.99. The van der Waals surface area contributed by atoms with Crippen molar-refractivity contribution in [2.45, 2.75) is 25.7 Å². The van der Waals surface area contributed by atoms with Crippen molar-refractivity contribution in [1.29, 1.82) is 0 Å². The van der Waals surface area contributed by atoms with E-state index in [1.54, 1.807) is 24.5 Å². The Morgan fingerprint density at radius 3 is 2.56 bits per heavy atom. The van der Waals surface area contributed by atoms with E-state index in [1.165, 1.54) is 5.56 Å². The maximum absolute atomic E-state index is 11.0. The minimum absolute atomic E-state index is 0.0401. The van der Waals surface area contributed by atoms with Gasteiger partial charge in [0.1, 0.15) is 0 Å². The molecule has 0 radical (unpaired) electrons. The Hall–Kier alpha value is -3.22. The largest absolute Gasteiger partial charge is 0.481 e. The number of fused-ring (bicyclic) bond motifs is 1. The van der Waals surface area contributed by atoms with Crippen molar-refractivity contribution in [2.75, 3.05) is 11.4 Å². The monoisotopic (exact) mass is 367 g/mol. The summed E-state index contributed by atoms with van der Waals surface area (Å²) in [5.74, 6) is -3.08. The topological polar surface area (TPSA) is 104 Å². The minimum atomic E-state index is -1.42. The number of aromatic nitrogens is 2. The third-order valence-electron chi connectivity index (χ3n) is 4.67. The van der Waals surface area contributed by atoms with Gasteiger partial charge >= 0.3 is 11.9 Å². The second-order valence-corrected chi connectivity index (χ2v) is 6.56. The highest BCUT2D eigenvalue weighted by Gasteiger charge is 2.30. The van der Waals surface area contributed by atoms with E-state index in [9.17, 15) is 9.59 Å². The lowest BCUT2D eigenvalue weighted by Gasteiger charge is -2.19. The number of allylic oxidation sites excluding steroid dienone is 2. The van der Waals surface area contributed by atoms with Crippen molar-refractivity contribution >= 4 is 23.6 Å². The SMILES string of the molecule is CC1CN(c2ncccn2)c2c(CC=CCC(C(=O)O)C(=O)O)cccc21. The van der Waals surface area contributed by atoms with Crippen LogP contribution in [-0.4, -0.2) is 38.7 Å². The molecule has 0 saturated heterocycles. The quantitative estimate of drug-likeness (QED) is 0.573. The zero-order valence-electron chi connectivity index (χ0n) is 14.9. The summed E-state index contributed by atoms with van der Waals surface area (Å²) in [5, 5.41) is 17.9. The fourth-order valence-corrected chi connectivity index (χ4v) is 3.33. The summed E-state index contributed by atoms with van der Waals surface area (Å²) < 4.78 is 0. The summed E-state index contributed by atoms with van der Waals surface area (Å²) >= 11 is 0. The van der Waals surface area contributed by atoms with E-state index < -0.39 is 17.9 Å². The van der Waals surface area contributed by atoms with Crippen LogP contribution in [0.3, 0.4) is 0 Å². The number of anilines is 2. The van der Waals surface area contributed by atoms with Crippen molar-refractivity contribution in [1.82, 2.24) is 9.97 Å². The summed E-state index contributed by atoms with van der Waals surface area (Å²) in [5.41, 5.74) is 3.37. The second kappa shape index (κ2) is 7.99. The molecule has 27 heavy (non-hydrogen) atoms. The van der Waals surface area contributed by atoms with Gasteiger partial charge in [-0.3, -0.25) is 9.59 Å². The van der Waals surface area contributed by atoms with Gasteiger partial charge in [0.15, 0.2) is 5.92 Å². The van der Waals surface area contributed by atoms with Crippen LogP contribution in [0.2, 0.25) is 0 Å². The number of carboxylic acid groups (broad SMARTS) is 2. The van der Waals surface area contributed by atoms with Crippen molar-refractivity contribution in [3.63, 3.8) is 0 Å². The molecule has 7 heteroatoms. The van der Waals surface area contributed by atoms with Gasteiger partial charge in [-0.15, -0.1) is 0 Å². The molecule has 0 spiro atoms. The maximum Gasteiger partial charge on any atom is 0.318 e. The number of hydrogen-bond donors (Lipinski definition) is 2. The number of hydrogen-bond acceptors (Lipinski definition) is 5. The van der Waals surface area contributed by atoms with E-state index in [1.807, 2.05) is 18.2 Å². The van der Waals surface area contributed by atoms with Crippen molar-refractivity contribution in [2.24, 2.45) is 5.92 Å². The molecule has 1 aliphatic heterocycles. The van der Waals surface area contributed by atoms with Gasteiger partial charge in [0, 0.05) is 24.9 Å². The predicted molar refractivity (Wildman–Crippen MR) is 100 cm³/mol. The summed E-state index contributed by atoms with van der Waals surface area (Å²) in [6, 6.07) is 7.90. The first-order valence-corrected chi connectivity index (χ1v) is 8.76. The van der Waals surface area contributed by atoms with Gasteiger partial charge < -0.3 is 15.1 Å². The number of benzene rings is 1. The number of carboxylic acids is 2.